The number of thiocarbonyl (C=S) groups is 1. The summed E-state index contributed by atoms with van der Waals surface area (Å²) in [4.78, 5) is 13.0. The first kappa shape index (κ1) is 18.1. The SMILES string of the molecule is C=C1NC(=S)N[C@H](c2ccccc2F)[C@H]1C(=O)Nc1cc(C)cc(C)c1. The van der Waals surface area contributed by atoms with Crippen LogP contribution >= 0.6 is 12.2 Å². The average Bonchev–Trinajstić information content (AvgIpc) is 2.53. The number of nitrogens with one attached hydrogen (secondary N) is 3. The van der Waals surface area contributed by atoms with Crippen molar-refractivity contribution >= 4 is 28.9 Å². The van der Waals surface area contributed by atoms with E-state index in [0.717, 1.165) is 11.1 Å². The third-order valence-electron chi connectivity index (χ3n) is 4.28. The first-order valence-corrected chi connectivity index (χ1v) is 8.66. The van der Waals surface area contributed by atoms with Crippen LogP contribution in [0.4, 0.5) is 10.1 Å². The Morgan fingerprint density at radius 3 is 2.50 bits per heavy atom. The van der Waals surface area contributed by atoms with E-state index in [4.69, 9.17) is 12.2 Å². The molecule has 3 N–H and O–H groups in total. The molecular formula is C20H20FN3OS. The van der Waals surface area contributed by atoms with Gasteiger partial charge in [-0.25, -0.2) is 4.39 Å². The van der Waals surface area contributed by atoms with Crippen molar-refractivity contribution in [2.75, 3.05) is 5.32 Å². The van der Waals surface area contributed by atoms with Crippen molar-refractivity contribution in [1.29, 1.82) is 0 Å². The molecule has 1 heterocycles. The molecule has 2 atom stereocenters. The van der Waals surface area contributed by atoms with Crippen LogP contribution in [0.3, 0.4) is 0 Å². The fourth-order valence-electron chi connectivity index (χ4n) is 3.25. The highest BCUT2D eigenvalue weighted by atomic mass is 32.1. The maximum absolute atomic E-state index is 14.3. The van der Waals surface area contributed by atoms with E-state index >= 15 is 0 Å². The Morgan fingerprint density at radius 1 is 1.19 bits per heavy atom. The van der Waals surface area contributed by atoms with Gasteiger partial charge in [0, 0.05) is 16.9 Å². The summed E-state index contributed by atoms with van der Waals surface area (Å²) in [5, 5.41) is 9.11. The molecule has 1 amide bonds. The van der Waals surface area contributed by atoms with Crippen molar-refractivity contribution in [3.63, 3.8) is 0 Å². The number of anilines is 1. The van der Waals surface area contributed by atoms with Gasteiger partial charge < -0.3 is 16.0 Å². The molecule has 2 aromatic carbocycles. The third kappa shape index (κ3) is 3.75. The van der Waals surface area contributed by atoms with E-state index in [1.807, 2.05) is 32.0 Å². The lowest BCUT2D eigenvalue weighted by atomic mass is 9.88. The van der Waals surface area contributed by atoms with Gasteiger partial charge in [0.2, 0.25) is 5.91 Å². The molecule has 134 valence electrons. The molecule has 4 nitrogen and oxygen atoms in total. The van der Waals surface area contributed by atoms with Gasteiger partial charge in [0.15, 0.2) is 5.11 Å². The Balaban J connectivity index is 1.93. The van der Waals surface area contributed by atoms with E-state index in [0.29, 0.717) is 22.1 Å². The lowest BCUT2D eigenvalue weighted by Crippen LogP contribution is -2.51. The summed E-state index contributed by atoms with van der Waals surface area (Å²) in [7, 11) is 0. The second-order valence-corrected chi connectivity index (χ2v) is 6.87. The molecule has 0 unspecified atom stereocenters. The van der Waals surface area contributed by atoms with Crippen LogP contribution in [0.1, 0.15) is 22.7 Å². The largest absolute Gasteiger partial charge is 0.354 e. The Labute approximate surface area is 157 Å². The number of hydrogen-bond donors (Lipinski definition) is 3. The van der Waals surface area contributed by atoms with Gasteiger partial charge in [-0.2, -0.15) is 0 Å². The number of carbonyl (C=O) groups is 1. The van der Waals surface area contributed by atoms with Crippen LogP contribution < -0.4 is 16.0 Å². The molecule has 0 radical (unpaired) electrons. The number of aryl methyl sites for hydroxylation is 2. The molecule has 6 heteroatoms. The molecule has 1 saturated heterocycles. The van der Waals surface area contributed by atoms with Gasteiger partial charge in [-0.3, -0.25) is 4.79 Å². The van der Waals surface area contributed by atoms with Gasteiger partial charge in [0.05, 0.1) is 6.04 Å². The molecular weight excluding hydrogens is 349 g/mol. The van der Waals surface area contributed by atoms with E-state index in [2.05, 4.69) is 22.5 Å². The lowest BCUT2D eigenvalue weighted by molar-refractivity contribution is -0.119. The predicted octanol–water partition coefficient (Wildman–Crippen LogP) is 3.73. The van der Waals surface area contributed by atoms with E-state index < -0.39 is 17.8 Å². The minimum atomic E-state index is -0.723. The van der Waals surface area contributed by atoms with Crippen LogP contribution in [0.2, 0.25) is 0 Å². The van der Waals surface area contributed by atoms with Gasteiger partial charge in [-0.15, -0.1) is 0 Å². The Bertz CT molecular complexity index is 876. The Morgan fingerprint density at radius 2 is 1.85 bits per heavy atom. The second kappa shape index (κ2) is 7.25. The van der Waals surface area contributed by atoms with Crippen LogP contribution in [-0.4, -0.2) is 11.0 Å². The summed E-state index contributed by atoms with van der Waals surface area (Å²) < 4.78 is 14.3. The zero-order valence-corrected chi connectivity index (χ0v) is 15.4. The third-order valence-corrected chi connectivity index (χ3v) is 4.50. The molecule has 0 spiro atoms. The quantitative estimate of drug-likeness (QED) is 0.722. The number of rotatable bonds is 3. The number of hydrogen-bond acceptors (Lipinski definition) is 2. The summed E-state index contributed by atoms with van der Waals surface area (Å²) in [5.74, 6) is -1.40. The maximum atomic E-state index is 14.3. The Kier molecular flexibility index (Phi) is 5.04. The number of carbonyl (C=O) groups excluding carboxylic acids is 1. The summed E-state index contributed by atoms with van der Waals surface area (Å²) in [6.45, 7) is 7.86. The van der Waals surface area contributed by atoms with Gasteiger partial charge in [-0.1, -0.05) is 30.8 Å². The summed E-state index contributed by atoms with van der Waals surface area (Å²) in [6, 6.07) is 11.5. The normalized spacial score (nSPS) is 19.5. The molecule has 1 aliphatic rings. The van der Waals surface area contributed by atoms with Gasteiger partial charge in [-0.05, 0) is 55.4 Å². The molecule has 1 fully saturated rings. The molecule has 26 heavy (non-hydrogen) atoms. The van der Waals surface area contributed by atoms with Crippen molar-refractivity contribution in [3.05, 3.63) is 77.2 Å². The average molecular weight is 369 g/mol. The number of benzene rings is 2. The van der Waals surface area contributed by atoms with Crippen LogP contribution in [0.15, 0.2) is 54.7 Å². The minimum absolute atomic E-state index is 0.282. The second-order valence-electron chi connectivity index (χ2n) is 6.47. The molecule has 1 aliphatic heterocycles. The fourth-order valence-corrected chi connectivity index (χ4v) is 3.50. The van der Waals surface area contributed by atoms with Crippen LogP contribution in [0, 0.1) is 25.6 Å². The first-order chi connectivity index (χ1) is 12.3. The zero-order chi connectivity index (χ0) is 18.8. The summed E-state index contributed by atoms with van der Waals surface area (Å²) >= 11 is 5.17. The predicted molar refractivity (Wildman–Crippen MR) is 105 cm³/mol. The van der Waals surface area contributed by atoms with Crippen LogP contribution in [0.25, 0.3) is 0 Å². The van der Waals surface area contributed by atoms with Crippen LogP contribution in [-0.2, 0) is 4.79 Å². The van der Waals surface area contributed by atoms with E-state index in [1.54, 1.807) is 18.2 Å². The molecule has 0 bridgehead atoms. The fraction of sp³-hybridized carbons (Fsp3) is 0.200. The standard InChI is InChI=1S/C20H20FN3OS/c1-11-8-12(2)10-14(9-11)23-19(25)17-13(3)22-20(26)24-18(17)15-6-4-5-7-16(15)21/h4-10,17-18H,3H2,1-2H3,(H,23,25)(H2,22,24,26)/t17-,18+/m0/s1. The first-order valence-electron chi connectivity index (χ1n) is 8.25. The smallest absolute Gasteiger partial charge is 0.235 e. The van der Waals surface area contributed by atoms with E-state index in [-0.39, 0.29) is 5.91 Å². The Hall–Kier alpha value is -2.73. The van der Waals surface area contributed by atoms with E-state index in [9.17, 15) is 9.18 Å². The van der Waals surface area contributed by atoms with Crippen molar-refractivity contribution < 1.29 is 9.18 Å². The lowest BCUT2D eigenvalue weighted by Gasteiger charge is -2.35. The van der Waals surface area contributed by atoms with Crippen molar-refractivity contribution in [3.8, 4) is 0 Å². The van der Waals surface area contributed by atoms with Crippen molar-refractivity contribution in [2.24, 2.45) is 5.92 Å². The molecule has 0 aliphatic carbocycles. The molecule has 3 rings (SSSR count). The summed E-state index contributed by atoms with van der Waals surface area (Å²) in [5.41, 5.74) is 3.60. The monoisotopic (exact) mass is 369 g/mol. The highest BCUT2D eigenvalue weighted by Crippen LogP contribution is 2.32. The molecule has 0 aromatic heterocycles. The van der Waals surface area contributed by atoms with E-state index in [1.165, 1.54) is 6.07 Å². The maximum Gasteiger partial charge on any atom is 0.235 e. The highest BCUT2D eigenvalue weighted by molar-refractivity contribution is 7.80. The minimum Gasteiger partial charge on any atom is -0.354 e. The number of halogens is 1. The zero-order valence-electron chi connectivity index (χ0n) is 14.6. The topological polar surface area (TPSA) is 53.2 Å². The van der Waals surface area contributed by atoms with Crippen molar-refractivity contribution in [2.45, 2.75) is 19.9 Å². The van der Waals surface area contributed by atoms with Gasteiger partial charge in [0.25, 0.3) is 0 Å². The molecule has 0 saturated carbocycles. The van der Waals surface area contributed by atoms with Crippen LogP contribution in [0.5, 0.6) is 0 Å². The van der Waals surface area contributed by atoms with Gasteiger partial charge in [0.1, 0.15) is 11.7 Å². The number of amides is 1. The van der Waals surface area contributed by atoms with Gasteiger partial charge >= 0.3 is 0 Å². The van der Waals surface area contributed by atoms with Crippen molar-refractivity contribution in [1.82, 2.24) is 10.6 Å². The molecule has 2 aromatic rings. The summed E-state index contributed by atoms with van der Waals surface area (Å²) in [6.07, 6.45) is 0. The highest BCUT2D eigenvalue weighted by Gasteiger charge is 2.37.